The van der Waals surface area contributed by atoms with Crippen LogP contribution in [0.2, 0.25) is 24.2 Å². The van der Waals surface area contributed by atoms with Gasteiger partial charge in [-0.1, -0.05) is 124 Å². The quantitative estimate of drug-likeness (QED) is 0.0719. The Bertz CT molecular complexity index is 1020. The molecule has 0 aliphatic heterocycles. The van der Waals surface area contributed by atoms with Crippen molar-refractivity contribution < 1.29 is 29.1 Å². The molecule has 0 N–H and O–H groups in total. The van der Waals surface area contributed by atoms with Crippen molar-refractivity contribution in [2.75, 3.05) is 0 Å². The molecular weight excluding hydrogens is 549 g/mol. The first-order valence-electron chi connectivity index (χ1n) is 14.7. The SMILES string of the molecule is [CH2]CCCCC[C](OOC(=O)c1ccc([Si](C=C)(CC)CC)cc1)OOC(=O)c1ccc([Si](C=C)(CC)CC)cc1. The van der Waals surface area contributed by atoms with E-state index in [-0.39, 0.29) is 6.29 Å². The molecule has 2 aromatic rings. The van der Waals surface area contributed by atoms with E-state index in [1.807, 2.05) is 24.3 Å². The molecule has 41 heavy (non-hydrogen) atoms. The standard InChI is InChI=1S/C33H46O6Si2/c1-8-15-16-17-18-31(36-38-32(34)27-19-23-29(24-20-27)40(9-2,10-3)11-4)37-39-33(35)28-21-25-30(26-22-28)41(12-5,13-6)14-7/h9,12,19-26H,1-2,5,8,10-11,13-18H2,3-4,6-7H3. The Hall–Kier alpha value is -2.79. The summed E-state index contributed by atoms with van der Waals surface area (Å²) >= 11 is 0. The summed E-state index contributed by atoms with van der Waals surface area (Å²) in [6, 6.07) is 19.0. The van der Waals surface area contributed by atoms with Gasteiger partial charge in [-0.05, 0) is 30.7 Å². The zero-order valence-electron chi connectivity index (χ0n) is 25.2. The number of benzene rings is 2. The lowest BCUT2D eigenvalue weighted by Gasteiger charge is -2.26. The average molecular weight is 595 g/mol. The predicted molar refractivity (Wildman–Crippen MR) is 171 cm³/mol. The number of unbranched alkanes of at least 4 members (excludes halogenated alkanes) is 3. The lowest BCUT2D eigenvalue weighted by atomic mass is 10.1. The van der Waals surface area contributed by atoms with Crippen LogP contribution in [-0.2, 0) is 19.6 Å². The van der Waals surface area contributed by atoms with Crippen LogP contribution >= 0.6 is 0 Å². The fourth-order valence-corrected chi connectivity index (χ4v) is 10.9. The highest BCUT2D eigenvalue weighted by Crippen LogP contribution is 2.21. The summed E-state index contributed by atoms with van der Waals surface area (Å²) in [5.41, 5.74) is 4.89. The second-order valence-electron chi connectivity index (χ2n) is 10.2. The molecule has 0 aliphatic carbocycles. The Morgan fingerprint density at radius 2 is 1.02 bits per heavy atom. The molecule has 8 heteroatoms. The Morgan fingerprint density at radius 1 is 0.634 bits per heavy atom. The van der Waals surface area contributed by atoms with Crippen LogP contribution in [0, 0.1) is 13.2 Å². The van der Waals surface area contributed by atoms with Crippen molar-refractivity contribution in [2.24, 2.45) is 0 Å². The van der Waals surface area contributed by atoms with Gasteiger partial charge in [-0.2, -0.15) is 0 Å². The Labute approximate surface area is 248 Å². The third kappa shape index (κ3) is 9.10. The van der Waals surface area contributed by atoms with Crippen molar-refractivity contribution in [2.45, 2.75) is 84.0 Å². The van der Waals surface area contributed by atoms with E-state index in [1.165, 1.54) is 10.4 Å². The molecule has 0 spiro atoms. The monoisotopic (exact) mass is 594 g/mol. The Morgan fingerprint density at radius 3 is 1.34 bits per heavy atom. The molecule has 0 heterocycles. The first-order valence-corrected chi connectivity index (χ1v) is 19.7. The van der Waals surface area contributed by atoms with E-state index >= 15 is 0 Å². The molecule has 0 saturated heterocycles. The highest BCUT2D eigenvalue weighted by atomic mass is 28.3. The van der Waals surface area contributed by atoms with Gasteiger partial charge in [0.1, 0.15) is 16.1 Å². The van der Waals surface area contributed by atoms with Crippen LogP contribution in [0.15, 0.2) is 73.1 Å². The summed E-state index contributed by atoms with van der Waals surface area (Å²) in [6.07, 6.45) is 3.49. The number of carbonyl (C=O) groups excluding carboxylic acids is 2. The molecule has 0 aromatic heterocycles. The van der Waals surface area contributed by atoms with Gasteiger partial charge in [-0.3, -0.25) is 9.78 Å². The van der Waals surface area contributed by atoms with Gasteiger partial charge >= 0.3 is 18.2 Å². The second-order valence-corrected chi connectivity index (χ2v) is 19.7. The van der Waals surface area contributed by atoms with E-state index in [4.69, 9.17) is 19.6 Å². The molecule has 0 aliphatic rings. The van der Waals surface area contributed by atoms with E-state index in [9.17, 15) is 9.59 Å². The molecule has 2 radical (unpaired) electrons. The van der Waals surface area contributed by atoms with E-state index in [2.05, 4.69) is 59.2 Å². The van der Waals surface area contributed by atoms with Crippen molar-refractivity contribution in [3.05, 3.63) is 97.4 Å². The Kier molecular flexibility index (Phi) is 14.5. The summed E-state index contributed by atoms with van der Waals surface area (Å²) in [5.74, 6) is -1.34. The average Bonchev–Trinajstić information content (AvgIpc) is 3.02. The van der Waals surface area contributed by atoms with E-state index < -0.39 is 28.1 Å². The normalized spacial score (nSPS) is 11.8. The molecule has 6 nitrogen and oxygen atoms in total. The minimum absolute atomic E-state index is 0.103. The van der Waals surface area contributed by atoms with Crippen molar-refractivity contribution in [3.8, 4) is 0 Å². The van der Waals surface area contributed by atoms with Gasteiger partial charge in [-0.15, -0.1) is 22.9 Å². The first-order chi connectivity index (χ1) is 19.8. The van der Waals surface area contributed by atoms with Gasteiger partial charge in [0, 0.05) is 6.42 Å². The number of hydrogen-bond acceptors (Lipinski definition) is 6. The Balaban J connectivity index is 2.04. The zero-order chi connectivity index (χ0) is 30.3. The number of rotatable bonds is 19. The lowest BCUT2D eigenvalue weighted by molar-refractivity contribution is -0.363. The molecule has 0 atom stereocenters. The van der Waals surface area contributed by atoms with Crippen LogP contribution in [0.5, 0.6) is 0 Å². The van der Waals surface area contributed by atoms with Gasteiger partial charge in [0.2, 0.25) is 0 Å². The predicted octanol–water partition coefficient (Wildman–Crippen LogP) is 7.68. The summed E-state index contributed by atoms with van der Waals surface area (Å²) in [4.78, 5) is 46.0. The third-order valence-corrected chi connectivity index (χ3v) is 17.8. The van der Waals surface area contributed by atoms with E-state index in [1.54, 1.807) is 24.3 Å². The summed E-state index contributed by atoms with van der Waals surface area (Å²) in [6.45, 7) is 20.7. The minimum atomic E-state index is -1.78. The largest absolute Gasteiger partial charge is 0.373 e. The summed E-state index contributed by atoms with van der Waals surface area (Å²) < 4.78 is 0. The van der Waals surface area contributed by atoms with Gasteiger partial charge in [0.05, 0.1) is 11.1 Å². The highest BCUT2D eigenvalue weighted by molar-refractivity contribution is 6.96. The van der Waals surface area contributed by atoms with Crippen LogP contribution in [0.4, 0.5) is 0 Å². The molecule has 0 saturated carbocycles. The molecule has 0 bridgehead atoms. The molecule has 0 fully saturated rings. The van der Waals surface area contributed by atoms with Crippen LogP contribution in [0.25, 0.3) is 0 Å². The smallest absolute Gasteiger partial charge is 0.289 e. The molecule has 2 aromatic carbocycles. The molecule has 222 valence electrons. The van der Waals surface area contributed by atoms with Crippen molar-refractivity contribution in [1.29, 1.82) is 0 Å². The maximum Gasteiger partial charge on any atom is 0.373 e. The van der Waals surface area contributed by atoms with Crippen LogP contribution in [0.1, 0.15) is 80.5 Å². The second kappa shape index (κ2) is 17.2. The summed E-state index contributed by atoms with van der Waals surface area (Å²) in [7, 11) is -3.55. The van der Waals surface area contributed by atoms with Crippen molar-refractivity contribution in [1.82, 2.24) is 0 Å². The molecule has 0 amide bonds. The maximum absolute atomic E-state index is 12.7. The zero-order valence-corrected chi connectivity index (χ0v) is 27.2. The fraction of sp³-hybridized carbons (Fsp3) is 0.394. The van der Waals surface area contributed by atoms with Crippen molar-refractivity contribution in [3.63, 3.8) is 0 Å². The summed E-state index contributed by atoms with van der Waals surface area (Å²) in [5, 5.41) is 2.44. The van der Waals surface area contributed by atoms with Gasteiger partial charge in [-0.25, -0.2) is 9.59 Å². The number of carbonyl (C=O) groups is 2. The molecular formula is C33H46O6Si2. The number of hydrogen-bond donors (Lipinski definition) is 0. The maximum atomic E-state index is 12.7. The lowest BCUT2D eigenvalue weighted by Crippen LogP contribution is -2.44. The van der Waals surface area contributed by atoms with Crippen LogP contribution in [0.3, 0.4) is 0 Å². The van der Waals surface area contributed by atoms with Gasteiger partial charge < -0.3 is 0 Å². The minimum Gasteiger partial charge on any atom is -0.289 e. The van der Waals surface area contributed by atoms with Crippen LogP contribution in [-0.4, -0.2) is 28.1 Å². The van der Waals surface area contributed by atoms with Crippen LogP contribution < -0.4 is 10.4 Å². The molecule has 2 rings (SSSR count). The third-order valence-electron chi connectivity index (χ3n) is 8.25. The van der Waals surface area contributed by atoms with Gasteiger partial charge in [0.25, 0.3) is 0 Å². The fourth-order valence-electron chi connectivity index (χ4n) is 4.99. The molecule has 0 unspecified atom stereocenters. The van der Waals surface area contributed by atoms with E-state index in [0.29, 0.717) is 24.0 Å². The highest BCUT2D eigenvalue weighted by Gasteiger charge is 2.29. The van der Waals surface area contributed by atoms with E-state index in [0.717, 1.165) is 43.4 Å². The topological polar surface area (TPSA) is 71.1 Å². The van der Waals surface area contributed by atoms with Crippen molar-refractivity contribution >= 4 is 38.5 Å². The van der Waals surface area contributed by atoms with Gasteiger partial charge in [0.15, 0.2) is 0 Å². The first kappa shape index (κ1) is 34.4.